The molecule has 8 rings (SSSR count). The number of imidazole rings is 1. The smallest absolute Gasteiger partial charge is 0.140 e. The second-order valence-corrected chi connectivity index (χ2v) is 9.94. The summed E-state index contributed by atoms with van der Waals surface area (Å²) in [5, 5.41) is 6.89. The Morgan fingerprint density at radius 1 is 0.650 bits per heavy atom. The monoisotopic (exact) mass is 516 g/mol. The van der Waals surface area contributed by atoms with Crippen molar-refractivity contribution in [2.45, 2.75) is 0 Å². The summed E-state index contributed by atoms with van der Waals surface area (Å²) in [7, 11) is 2.08. The minimum absolute atomic E-state index is 0.913. The highest BCUT2D eigenvalue weighted by atomic mass is 15.3. The van der Waals surface area contributed by atoms with E-state index in [1.807, 2.05) is 47.4 Å². The van der Waals surface area contributed by atoms with Crippen LogP contribution >= 0.6 is 0 Å². The van der Waals surface area contributed by atoms with E-state index in [1.165, 1.54) is 16.3 Å². The van der Waals surface area contributed by atoms with Crippen LogP contribution in [0.1, 0.15) is 0 Å². The molecule has 0 N–H and O–H groups in total. The van der Waals surface area contributed by atoms with E-state index in [-0.39, 0.29) is 0 Å². The van der Waals surface area contributed by atoms with E-state index < -0.39 is 0 Å². The molecule has 190 valence electrons. The molecule has 4 aromatic carbocycles. The number of nitrogens with zero attached hydrogens (tertiary/aromatic N) is 6. The van der Waals surface area contributed by atoms with Crippen LogP contribution in [-0.4, -0.2) is 28.9 Å². The number of para-hydroxylation sites is 2. The Morgan fingerprint density at radius 3 is 2.40 bits per heavy atom. The second kappa shape index (κ2) is 8.78. The molecule has 0 bridgehead atoms. The number of aromatic nitrogens is 6. The quantitative estimate of drug-likeness (QED) is 0.242. The van der Waals surface area contributed by atoms with Gasteiger partial charge in [-0.15, -0.1) is 0 Å². The van der Waals surface area contributed by atoms with Crippen molar-refractivity contribution in [3.63, 3.8) is 0 Å². The molecule has 4 heterocycles. The maximum Gasteiger partial charge on any atom is 0.140 e. The van der Waals surface area contributed by atoms with Crippen LogP contribution < -0.4 is 0 Å². The Labute approximate surface area is 230 Å². The number of hydrogen-bond acceptors (Lipinski definition) is 3. The molecule has 0 aliphatic rings. The zero-order valence-corrected chi connectivity index (χ0v) is 21.8. The first-order chi connectivity index (χ1) is 19.8. The molecule has 0 saturated heterocycles. The average molecular weight is 517 g/mol. The lowest BCUT2D eigenvalue weighted by molar-refractivity contribution is 0.871. The fraction of sp³-hybridized carbons (Fsp3) is 0.0294. The molecule has 0 saturated carbocycles. The molecule has 4 aromatic heterocycles. The van der Waals surface area contributed by atoms with E-state index in [1.54, 1.807) is 6.20 Å². The molecule has 0 spiro atoms. The Hall–Kier alpha value is -5.49. The second-order valence-electron chi connectivity index (χ2n) is 9.94. The molecule has 0 unspecified atom stereocenters. The highest BCUT2D eigenvalue weighted by Crippen LogP contribution is 2.36. The predicted octanol–water partition coefficient (Wildman–Crippen LogP) is 7.59. The largest absolute Gasteiger partial charge is 0.325 e. The van der Waals surface area contributed by atoms with Crippen molar-refractivity contribution in [3.8, 4) is 34.0 Å². The summed E-state index contributed by atoms with van der Waals surface area (Å²) < 4.78 is 6.41. The van der Waals surface area contributed by atoms with Crippen molar-refractivity contribution in [1.29, 1.82) is 0 Å². The summed E-state index contributed by atoms with van der Waals surface area (Å²) in [6.07, 6.45) is 5.60. The summed E-state index contributed by atoms with van der Waals surface area (Å²) in [5.74, 6) is 0.913. The summed E-state index contributed by atoms with van der Waals surface area (Å²) in [6.45, 7) is 0. The maximum atomic E-state index is 5.07. The third kappa shape index (κ3) is 3.39. The van der Waals surface area contributed by atoms with Crippen LogP contribution in [0, 0.1) is 0 Å². The average Bonchev–Trinajstić information content (AvgIpc) is 3.74. The number of aryl methyl sites for hydroxylation is 1. The molecule has 8 aromatic rings. The van der Waals surface area contributed by atoms with Gasteiger partial charge in [0.25, 0.3) is 0 Å². The van der Waals surface area contributed by atoms with Gasteiger partial charge in [0.05, 0.1) is 33.4 Å². The Bertz CT molecular complexity index is 2170. The van der Waals surface area contributed by atoms with Gasteiger partial charge in [-0.05, 0) is 54.6 Å². The van der Waals surface area contributed by atoms with Gasteiger partial charge in [0, 0.05) is 53.2 Å². The molecule has 0 radical (unpaired) electrons. The third-order valence-corrected chi connectivity index (χ3v) is 7.62. The van der Waals surface area contributed by atoms with Crippen LogP contribution in [0.5, 0.6) is 0 Å². The SMILES string of the molecule is Cn1c(-c2ccc3c4ccccc4n(-c4cccc(-c5ccccn5)c4)c3c2)nc2cccc(-n3cccn3)c21. The highest BCUT2D eigenvalue weighted by Gasteiger charge is 2.18. The lowest BCUT2D eigenvalue weighted by Crippen LogP contribution is -2.00. The normalized spacial score (nSPS) is 11.6. The molecule has 0 atom stereocenters. The molecular formula is C34H24N6. The molecule has 6 heteroatoms. The fourth-order valence-electron chi connectivity index (χ4n) is 5.83. The van der Waals surface area contributed by atoms with Crippen molar-refractivity contribution >= 4 is 32.8 Å². The Kier molecular flexibility index (Phi) is 4.94. The summed E-state index contributed by atoms with van der Waals surface area (Å²) in [5.41, 5.74) is 9.49. The van der Waals surface area contributed by atoms with Gasteiger partial charge in [-0.25, -0.2) is 9.67 Å². The number of fused-ring (bicyclic) bond motifs is 4. The van der Waals surface area contributed by atoms with Crippen LogP contribution in [0.3, 0.4) is 0 Å². The minimum Gasteiger partial charge on any atom is -0.325 e. The van der Waals surface area contributed by atoms with Crippen LogP contribution in [0.2, 0.25) is 0 Å². The lowest BCUT2D eigenvalue weighted by Gasteiger charge is -2.11. The number of benzene rings is 4. The molecule has 0 aliphatic carbocycles. The predicted molar refractivity (Wildman–Crippen MR) is 161 cm³/mol. The first-order valence-electron chi connectivity index (χ1n) is 13.3. The van der Waals surface area contributed by atoms with Gasteiger partial charge in [-0.2, -0.15) is 5.10 Å². The van der Waals surface area contributed by atoms with Gasteiger partial charge >= 0.3 is 0 Å². The van der Waals surface area contributed by atoms with Crippen molar-refractivity contribution in [3.05, 3.63) is 128 Å². The van der Waals surface area contributed by atoms with E-state index in [2.05, 4.69) is 105 Å². The van der Waals surface area contributed by atoms with E-state index in [0.717, 1.165) is 50.6 Å². The zero-order chi connectivity index (χ0) is 26.6. The zero-order valence-electron chi connectivity index (χ0n) is 21.8. The van der Waals surface area contributed by atoms with Crippen LogP contribution in [0.15, 0.2) is 128 Å². The van der Waals surface area contributed by atoms with Crippen molar-refractivity contribution in [1.82, 2.24) is 28.9 Å². The Morgan fingerprint density at radius 2 is 1.52 bits per heavy atom. The van der Waals surface area contributed by atoms with E-state index in [9.17, 15) is 0 Å². The van der Waals surface area contributed by atoms with Crippen molar-refractivity contribution in [2.75, 3.05) is 0 Å². The topological polar surface area (TPSA) is 53.5 Å². The molecule has 0 aliphatic heterocycles. The molecule has 0 amide bonds. The van der Waals surface area contributed by atoms with E-state index in [0.29, 0.717) is 0 Å². The van der Waals surface area contributed by atoms with Crippen LogP contribution in [-0.2, 0) is 7.05 Å². The van der Waals surface area contributed by atoms with Gasteiger partial charge in [-0.1, -0.05) is 54.6 Å². The molecular weight excluding hydrogens is 492 g/mol. The summed E-state index contributed by atoms with van der Waals surface area (Å²) >= 11 is 0. The maximum absolute atomic E-state index is 5.07. The van der Waals surface area contributed by atoms with Crippen LogP contribution in [0.25, 0.3) is 66.9 Å². The summed E-state index contributed by atoms with van der Waals surface area (Å²) in [6, 6.07) is 38.0. The highest BCUT2D eigenvalue weighted by molar-refractivity contribution is 6.10. The lowest BCUT2D eigenvalue weighted by atomic mass is 10.1. The third-order valence-electron chi connectivity index (χ3n) is 7.62. The van der Waals surface area contributed by atoms with Crippen molar-refractivity contribution < 1.29 is 0 Å². The molecule has 40 heavy (non-hydrogen) atoms. The molecule has 0 fully saturated rings. The van der Waals surface area contributed by atoms with Gasteiger partial charge in [0.2, 0.25) is 0 Å². The number of pyridine rings is 1. The van der Waals surface area contributed by atoms with Gasteiger partial charge in [0.1, 0.15) is 5.82 Å². The van der Waals surface area contributed by atoms with E-state index in [4.69, 9.17) is 4.98 Å². The van der Waals surface area contributed by atoms with Gasteiger partial charge in [0.15, 0.2) is 0 Å². The van der Waals surface area contributed by atoms with Crippen LogP contribution in [0.4, 0.5) is 0 Å². The number of hydrogen-bond donors (Lipinski definition) is 0. The van der Waals surface area contributed by atoms with Crippen molar-refractivity contribution in [2.24, 2.45) is 7.05 Å². The standard InChI is InChI=1S/C34H24N6/c1-38-33-29(13-7-15-31(33)39-20-8-19-36-39)37-34(38)24-16-17-27-26-11-2-3-14-30(26)40(32(27)22-24)25-10-6-9-23(21-25)28-12-4-5-18-35-28/h2-22H,1H3. The fourth-order valence-corrected chi connectivity index (χ4v) is 5.83. The van der Waals surface area contributed by atoms with E-state index >= 15 is 0 Å². The summed E-state index contributed by atoms with van der Waals surface area (Å²) in [4.78, 5) is 9.65. The first-order valence-corrected chi connectivity index (χ1v) is 13.3. The van der Waals surface area contributed by atoms with Gasteiger partial charge < -0.3 is 9.13 Å². The first kappa shape index (κ1) is 22.5. The van der Waals surface area contributed by atoms with Gasteiger partial charge in [-0.3, -0.25) is 4.98 Å². The number of rotatable bonds is 4. The molecule has 6 nitrogen and oxygen atoms in total. The minimum atomic E-state index is 0.913. The Balaban J connectivity index is 1.36.